The van der Waals surface area contributed by atoms with E-state index in [9.17, 15) is 13.2 Å². The highest BCUT2D eigenvalue weighted by Gasteiger charge is 2.21. The highest BCUT2D eigenvalue weighted by molar-refractivity contribution is 7.89. The maximum atomic E-state index is 12.6. The molecule has 0 saturated carbocycles. The molecule has 0 aromatic heterocycles. The number of hydrogen-bond donors (Lipinski definition) is 1. The maximum absolute atomic E-state index is 12.6. The third kappa shape index (κ3) is 6.31. The van der Waals surface area contributed by atoms with E-state index >= 15 is 0 Å². The Morgan fingerprint density at radius 3 is 2.32 bits per heavy atom. The molecule has 0 aliphatic heterocycles. The zero-order chi connectivity index (χ0) is 23.2. The summed E-state index contributed by atoms with van der Waals surface area (Å²) in [5.41, 5.74) is 3.22. The Hall–Kier alpha value is -2.38. The second-order valence-electron chi connectivity index (χ2n) is 8.14. The van der Waals surface area contributed by atoms with Crippen LogP contribution in [-0.4, -0.2) is 39.3 Å². The zero-order valence-corrected chi connectivity index (χ0v) is 20.1. The molecule has 2 aromatic carbocycles. The summed E-state index contributed by atoms with van der Waals surface area (Å²) in [6.45, 7) is 8.47. The van der Waals surface area contributed by atoms with Crippen LogP contribution in [0.2, 0.25) is 0 Å². The monoisotopic (exact) mass is 446 g/mol. The van der Waals surface area contributed by atoms with Crippen molar-refractivity contribution in [3.63, 3.8) is 0 Å². The summed E-state index contributed by atoms with van der Waals surface area (Å²) in [5, 5.41) is 3.04. The first-order chi connectivity index (χ1) is 14.6. The molecule has 0 radical (unpaired) electrons. The van der Waals surface area contributed by atoms with Crippen LogP contribution in [-0.2, 0) is 14.8 Å². The molecule has 6 nitrogen and oxygen atoms in total. The van der Waals surface area contributed by atoms with Crippen LogP contribution in [0.3, 0.4) is 0 Å². The van der Waals surface area contributed by atoms with Gasteiger partial charge in [0.1, 0.15) is 5.75 Å². The summed E-state index contributed by atoms with van der Waals surface area (Å²) in [6, 6.07) is 12.3. The normalized spacial score (nSPS) is 12.8. The summed E-state index contributed by atoms with van der Waals surface area (Å²) in [5.74, 6) is 1.07. The smallest absolute Gasteiger partial charge is 0.242 e. The number of methoxy groups -OCH3 is 1. The predicted octanol–water partition coefficient (Wildman–Crippen LogP) is 4.41. The van der Waals surface area contributed by atoms with Crippen LogP contribution in [0.15, 0.2) is 47.4 Å². The van der Waals surface area contributed by atoms with Crippen molar-refractivity contribution in [1.82, 2.24) is 9.62 Å². The number of aryl methyl sites for hydroxylation is 1. The number of rotatable bonds is 10. The number of sulfonamides is 1. The molecule has 1 unspecified atom stereocenters. The van der Waals surface area contributed by atoms with Crippen LogP contribution < -0.4 is 10.1 Å². The summed E-state index contributed by atoms with van der Waals surface area (Å²) in [7, 11) is -0.332. The van der Waals surface area contributed by atoms with Crippen molar-refractivity contribution >= 4 is 15.9 Å². The van der Waals surface area contributed by atoms with E-state index in [0.717, 1.165) is 22.4 Å². The first kappa shape index (κ1) is 24.9. The SMILES string of the molecule is COc1cc(C)c(C(C)NC(=O)CCCN(C)S(=O)(=O)c2ccccc2)cc1C(C)C. The molecule has 0 spiro atoms. The molecule has 0 fully saturated rings. The van der Waals surface area contributed by atoms with Crippen LogP contribution in [0.5, 0.6) is 5.75 Å². The fourth-order valence-electron chi connectivity index (χ4n) is 3.56. The van der Waals surface area contributed by atoms with Crippen molar-refractivity contribution in [2.75, 3.05) is 20.7 Å². The summed E-state index contributed by atoms with van der Waals surface area (Å²) >= 11 is 0. The highest BCUT2D eigenvalue weighted by atomic mass is 32.2. The van der Waals surface area contributed by atoms with Crippen LogP contribution in [0.25, 0.3) is 0 Å². The number of carbonyl (C=O) groups excluding carboxylic acids is 1. The zero-order valence-electron chi connectivity index (χ0n) is 19.3. The quantitative estimate of drug-likeness (QED) is 0.587. The molecule has 7 heteroatoms. The topological polar surface area (TPSA) is 75.7 Å². The Morgan fingerprint density at radius 2 is 1.74 bits per heavy atom. The summed E-state index contributed by atoms with van der Waals surface area (Å²) in [4.78, 5) is 12.7. The van der Waals surface area contributed by atoms with Crippen molar-refractivity contribution in [3.8, 4) is 5.75 Å². The van der Waals surface area contributed by atoms with Gasteiger partial charge >= 0.3 is 0 Å². The number of nitrogens with one attached hydrogen (secondary N) is 1. The lowest BCUT2D eigenvalue weighted by molar-refractivity contribution is -0.121. The summed E-state index contributed by atoms with van der Waals surface area (Å²) < 4.78 is 31.9. The van der Waals surface area contributed by atoms with Crippen molar-refractivity contribution in [2.24, 2.45) is 0 Å². The van der Waals surface area contributed by atoms with Crippen molar-refractivity contribution in [3.05, 3.63) is 59.2 Å². The molecule has 2 rings (SSSR count). The van der Waals surface area contributed by atoms with Crippen molar-refractivity contribution < 1.29 is 17.9 Å². The number of amides is 1. The van der Waals surface area contributed by atoms with Gasteiger partial charge in [0, 0.05) is 20.0 Å². The first-order valence-electron chi connectivity index (χ1n) is 10.6. The van der Waals surface area contributed by atoms with Crippen LogP contribution in [0, 0.1) is 6.92 Å². The van der Waals surface area contributed by atoms with Gasteiger partial charge in [0.25, 0.3) is 0 Å². The van der Waals surface area contributed by atoms with Gasteiger partial charge in [-0.1, -0.05) is 32.0 Å². The van der Waals surface area contributed by atoms with Crippen molar-refractivity contribution in [1.29, 1.82) is 0 Å². The lowest BCUT2D eigenvalue weighted by Crippen LogP contribution is -2.30. The third-order valence-corrected chi connectivity index (χ3v) is 7.28. The fraction of sp³-hybridized carbons (Fsp3) is 0.458. The van der Waals surface area contributed by atoms with E-state index in [-0.39, 0.29) is 29.8 Å². The second-order valence-corrected chi connectivity index (χ2v) is 10.2. The highest BCUT2D eigenvalue weighted by Crippen LogP contribution is 2.32. The van der Waals surface area contributed by atoms with E-state index in [0.29, 0.717) is 12.3 Å². The van der Waals surface area contributed by atoms with E-state index in [4.69, 9.17) is 4.74 Å². The van der Waals surface area contributed by atoms with Gasteiger partial charge in [-0.3, -0.25) is 4.79 Å². The Bertz CT molecular complexity index is 988. The molecule has 1 N–H and O–H groups in total. The minimum absolute atomic E-state index is 0.0978. The lowest BCUT2D eigenvalue weighted by Gasteiger charge is -2.21. The number of ether oxygens (including phenoxy) is 1. The van der Waals surface area contributed by atoms with Gasteiger partial charge in [-0.2, -0.15) is 0 Å². The second kappa shape index (κ2) is 10.8. The number of hydrogen-bond acceptors (Lipinski definition) is 4. The minimum Gasteiger partial charge on any atom is -0.496 e. The molecule has 0 heterocycles. The van der Waals surface area contributed by atoms with Gasteiger partial charge in [-0.15, -0.1) is 0 Å². The number of benzene rings is 2. The molecule has 0 saturated heterocycles. The van der Waals surface area contributed by atoms with Gasteiger partial charge < -0.3 is 10.1 Å². The van der Waals surface area contributed by atoms with Crippen LogP contribution in [0.4, 0.5) is 0 Å². The van der Waals surface area contributed by atoms with Gasteiger partial charge in [0.05, 0.1) is 18.0 Å². The predicted molar refractivity (Wildman–Crippen MR) is 124 cm³/mol. The molecule has 1 amide bonds. The standard InChI is InChI=1S/C24H34N2O4S/c1-17(2)21-16-22(18(3)15-23(21)30-6)19(4)25-24(27)13-10-14-26(5)31(28,29)20-11-8-7-9-12-20/h7-9,11-12,15-17,19H,10,13-14H2,1-6H3,(H,25,27). The Morgan fingerprint density at radius 1 is 1.10 bits per heavy atom. The van der Waals surface area contributed by atoms with Gasteiger partial charge in [0.15, 0.2) is 0 Å². The average molecular weight is 447 g/mol. The molecular weight excluding hydrogens is 412 g/mol. The number of nitrogens with zero attached hydrogens (tertiary/aromatic N) is 1. The molecule has 0 aliphatic rings. The average Bonchev–Trinajstić information content (AvgIpc) is 2.73. The van der Waals surface area contributed by atoms with Gasteiger partial charge in [0.2, 0.25) is 15.9 Å². The van der Waals surface area contributed by atoms with Crippen LogP contribution in [0.1, 0.15) is 62.3 Å². The minimum atomic E-state index is -3.54. The Balaban J connectivity index is 1.95. The molecule has 0 bridgehead atoms. The lowest BCUT2D eigenvalue weighted by atomic mass is 9.93. The Kier molecular flexibility index (Phi) is 8.65. The largest absolute Gasteiger partial charge is 0.496 e. The molecule has 31 heavy (non-hydrogen) atoms. The maximum Gasteiger partial charge on any atom is 0.242 e. The van der Waals surface area contributed by atoms with E-state index < -0.39 is 10.0 Å². The third-order valence-electron chi connectivity index (χ3n) is 5.41. The van der Waals surface area contributed by atoms with Crippen LogP contribution >= 0.6 is 0 Å². The molecule has 1 atom stereocenters. The van der Waals surface area contributed by atoms with E-state index in [1.54, 1.807) is 37.4 Å². The van der Waals surface area contributed by atoms with Gasteiger partial charge in [-0.05, 0) is 67.1 Å². The molecule has 2 aromatic rings. The first-order valence-corrected chi connectivity index (χ1v) is 12.0. The summed E-state index contributed by atoms with van der Waals surface area (Å²) in [6.07, 6.45) is 0.700. The molecule has 0 aliphatic carbocycles. The molecular formula is C24H34N2O4S. The van der Waals surface area contributed by atoms with Gasteiger partial charge in [-0.25, -0.2) is 12.7 Å². The van der Waals surface area contributed by atoms with E-state index in [1.807, 2.05) is 19.9 Å². The van der Waals surface area contributed by atoms with Crippen molar-refractivity contribution in [2.45, 2.75) is 57.4 Å². The van der Waals surface area contributed by atoms with E-state index in [1.165, 1.54) is 11.4 Å². The number of carbonyl (C=O) groups is 1. The fourth-order valence-corrected chi connectivity index (χ4v) is 4.79. The van der Waals surface area contributed by atoms with E-state index in [2.05, 4.69) is 25.2 Å². The Labute approximate surface area is 186 Å². The molecule has 170 valence electrons.